The van der Waals surface area contributed by atoms with Gasteiger partial charge in [-0.1, -0.05) is 19.1 Å². The van der Waals surface area contributed by atoms with Crippen LogP contribution in [0.15, 0.2) is 24.3 Å². The van der Waals surface area contributed by atoms with Crippen molar-refractivity contribution < 1.29 is 14.5 Å². The summed E-state index contributed by atoms with van der Waals surface area (Å²) in [4.78, 5) is 33.7. The quantitative estimate of drug-likeness (QED) is 0.510. The summed E-state index contributed by atoms with van der Waals surface area (Å²) < 4.78 is 0. The first-order valence-electron chi connectivity index (χ1n) is 6.09. The highest BCUT2D eigenvalue weighted by Gasteiger charge is 2.43. The summed E-state index contributed by atoms with van der Waals surface area (Å²) in [5, 5.41) is 13.1. The van der Waals surface area contributed by atoms with Gasteiger partial charge in [0.05, 0.1) is 10.3 Å². The molecule has 6 nitrogen and oxygen atoms in total. The van der Waals surface area contributed by atoms with E-state index < -0.39 is 10.3 Å². The van der Waals surface area contributed by atoms with E-state index in [-0.39, 0.29) is 23.9 Å². The van der Waals surface area contributed by atoms with Crippen LogP contribution in [0.2, 0.25) is 0 Å². The molecule has 100 valence electrons. The molecule has 1 saturated heterocycles. The number of benzene rings is 1. The molecule has 0 spiro atoms. The first-order valence-corrected chi connectivity index (χ1v) is 6.09. The lowest BCUT2D eigenvalue weighted by Gasteiger charge is -2.34. The smallest absolute Gasteiger partial charge is 0.269 e. The molecular weight excluding hydrogens is 248 g/mol. The van der Waals surface area contributed by atoms with E-state index in [1.807, 2.05) is 6.92 Å². The second-order valence-electron chi connectivity index (χ2n) is 4.62. The monoisotopic (exact) mass is 262 g/mol. The molecular formula is C13H14N2O4. The molecule has 0 aliphatic carbocycles. The van der Waals surface area contributed by atoms with Crippen molar-refractivity contribution in [1.82, 2.24) is 5.32 Å². The minimum absolute atomic E-state index is 0.0463. The Hall–Kier alpha value is -2.24. The SMILES string of the molecule is CC[C@@]1(c2cccc([N+](=O)[O-])c2)CCC(=O)NC1=O. The third kappa shape index (κ3) is 2.21. The number of piperidine rings is 1. The van der Waals surface area contributed by atoms with Gasteiger partial charge >= 0.3 is 0 Å². The topological polar surface area (TPSA) is 89.3 Å². The number of rotatable bonds is 3. The maximum atomic E-state index is 12.1. The van der Waals surface area contributed by atoms with Gasteiger partial charge in [-0.2, -0.15) is 0 Å². The number of carbonyl (C=O) groups is 2. The molecule has 0 bridgehead atoms. The van der Waals surface area contributed by atoms with Gasteiger partial charge in [0.25, 0.3) is 5.69 Å². The van der Waals surface area contributed by atoms with Crippen molar-refractivity contribution >= 4 is 17.5 Å². The summed E-state index contributed by atoms with van der Waals surface area (Å²) in [6.45, 7) is 1.84. The van der Waals surface area contributed by atoms with E-state index in [4.69, 9.17) is 0 Å². The Morgan fingerprint density at radius 1 is 1.42 bits per heavy atom. The van der Waals surface area contributed by atoms with Crippen molar-refractivity contribution in [2.75, 3.05) is 0 Å². The van der Waals surface area contributed by atoms with Crippen molar-refractivity contribution in [2.45, 2.75) is 31.6 Å². The number of imide groups is 1. The Balaban J connectivity index is 2.47. The molecule has 1 heterocycles. The summed E-state index contributed by atoms with van der Waals surface area (Å²) in [5.41, 5.74) is -0.302. The third-order valence-corrected chi connectivity index (χ3v) is 3.68. The van der Waals surface area contributed by atoms with E-state index in [0.29, 0.717) is 18.4 Å². The third-order valence-electron chi connectivity index (χ3n) is 3.68. The van der Waals surface area contributed by atoms with E-state index in [1.54, 1.807) is 12.1 Å². The Labute approximate surface area is 110 Å². The van der Waals surface area contributed by atoms with Gasteiger partial charge in [-0.3, -0.25) is 25.0 Å². The van der Waals surface area contributed by atoms with E-state index >= 15 is 0 Å². The van der Waals surface area contributed by atoms with Gasteiger partial charge in [-0.25, -0.2) is 0 Å². The average Bonchev–Trinajstić information content (AvgIpc) is 2.39. The molecule has 1 aliphatic heterocycles. The molecule has 1 N–H and O–H groups in total. The van der Waals surface area contributed by atoms with Gasteiger partial charge in [-0.15, -0.1) is 0 Å². The van der Waals surface area contributed by atoms with Crippen molar-refractivity contribution in [2.24, 2.45) is 0 Å². The molecule has 0 unspecified atom stereocenters. The largest absolute Gasteiger partial charge is 0.296 e. The van der Waals surface area contributed by atoms with Gasteiger partial charge in [0.15, 0.2) is 0 Å². The predicted molar refractivity (Wildman–Crippen MR) is 67.4 cm³/mol. The molecule has 2 amide bonds. The van der Waals surface area contributed by atoms with Gasteiger partial charge in [0, 0.05) is 18.6 Å². The van der Waals surface area contributed by atoms with Crippen LogP contribution in [-0.2, 0) is 15.0 Å². The van der Waals surface area contributed by atoms with Gasteiger partial charge in [-0.05, 0) is 18.4 Å². The van der Waals surface area contributed by atoms with Gasteiger partial charge in [0.1, 0.15) is 0 Å². The predicted octanol–water partition coefficient (Wildman–Crippen LogP) is 1.68. The Morgan fingerprint density at radius 3 is 2.74 bits per heavy atom. The Morgan fingerprint density at radius 2 is 2.16 bits per heavy atom. The number of non-ortho nitro benzene ring substituents is 1. The van der Waals surface area contributed by atoms with Crippen LogP contribution in [0.3, 0.4) is 0 Å². The highest BCUT2D eigenvalue weighted by atomic mass is 16.6. The molecule has 6 heteroatoms. The number of amides is 2. The lowest BCUT2D eigenvalue weighted by atomic mass is 9.72. The van der Waals surface area contributed by atoms with Crippen molar-refractivity contribution in [3.8, 4) is 0 Å². The van der Waals surface area contributed by atoms with Crippen molar-refractivity contribution in [3.63, 3.8) is 0 Å². The fraction of sp³-hybridized carbons (Fsp3) is 0.385. The van der Waals surface area contributed by atoms with Crippen LogP contribution in [-0.4, -0.2) is 16.7 Å². The summed E-state index contributed by atoms with van der Waals surface area (Å²) >= 11 is 0. The number of hydrogen-bond acceptors (Lipinski definition) is 4. The molecule has 0 radical (unpaired) electrons. The number of nitrogens with zero attached hydrogens (tertiary/aromatic N) is 1. The highest BCUT2D eigenvalue weighted by Crippen LogP contribution is 2.36. The fourth-order valence-electron chi connectivity index (χ4n) is 2.48. The zero-order valence-corrected chi connectivity index (χ0v) is 10.5. The highest BCUT2D eigenvalue weighted by molar-refractivity contribution is 6.03. The lowest BCUT2D eigenvalue weighted by Crippen LogP contribution is -2.51. The molecule has 0 saturated carbocycles. The van der Waals surface area contributed by atoms with Gasteiger partial charge in [0.2, 0.25) is 11.8 Å². The summed E-state index contributed by atoms with van der Waals surface area (Å²) in [7, 11) is 0. The normalized spacial score (nSPS) is 23.0. The van der Waals surface area contributed by atoms with Crippen LogP contribution < -0.4 is 5.32 Å². The molecule has 1 aromatic rings. The molecule has 1 aliphatic rings. The number of carbonyl (C=O) groups excluding carboxylic acids is 2. The summed E-state index contributed by atoms with van der Waals surface area (Å²) in [6, 6.07) is 6.07. The van der Waals surface area contributed by atoms with Crippen LogP contribution in [0, 0.1) is 10.1 Å². The fourth-order valence-corrected chi connectivity index (χ4v) is 2.48. The van der Waals surface area contributed by atoms with Crippen LogP contribution in [0.5, 0.6) is 0 Å². The summed E-state index contributed by atoms with van der Waals surface area (Å²) in [6.07, 6.45) is 1.13. The first kappa shape index (κ1) is 13.2. The standard InChI is InChI=1S/C13H14N2O4/c1-2-13(7-6-11(16)14-12(13)17)9-4-3-5-10(8-9)15(18)19/h3-5,8H,2,6-7H2,1H3,(H,14,16,17)/t13-/m0/s1. The van der Waals surface area contributed by atoms with Crippen LogP contribution in [0.4, 0.5) is 5.69 Å². The molecule has 0 aromatic heterocycles. The van der Waals surface area contributed by atoms with E-state index in [9.17, 15) is 19.7 Å². The van der Waals surface area contributed by atoms with Crippen LogP contribution >= 0.6 is 0 Å². The molecule has 19 heavy (non-hydrogen) atoms. The second kappa shape index (κ2) is 4.79. The molecule has 1 fully saturated rings. The second-order valence-corrected chi connectivity index (χ2v) is 4.62. The Bertz CT molecular complexity index is 555. The number of nitro groups is 1. The minimum Gasteiger partial charge on any atom is -0.296 e. The van der Waals surface area contributed by atoms with E-state index in [0.717, 1.165) is 0 Å². The maximum Gasteiger partial charge on any atom is 0.269 e. The average molecular weight is 262 g/mol. The lowest BCUT2D eigenvalue weighted by molar-refractivity contribution is -0.385. The zero-order valence-electron chi connectivity index (χ0n) is 10.5. The van der Waals surface area contributed by atoms with E-state index in [1.165, 1.54) is 12.1 Å². The van der Waals surface area contributed by atoms with Crippen molar-refractivity contribution in [3.05, 3.63) is 39.9 Å². The number of nitrogens with one attached hydrogen (secondary N) is 1. The number of nitro benzene ring substituents is 1. The van der Waals surface area contributed by atoms with Crippen LogP contribution in [0.1, 0.15) is 31.7 Å². The molecule has 1 atom stereocenters. The van der Waals surface area contributed by atoms with E-state index in [2.05, 4.69) is 5.32 Å². The summed E-state index contributed by atoms with van der Waals surface area (Å²) in [5.74, 6) is -0.661. The zero-order chi connectivity index (χ0) is 14.0. The molecule has 1 aromatic carbocycles. The number of hydrogen-bond donors (Lipinski definition) is 1. The van der Waals surface area contributed by atoms with Crippen molar-refractivity contribution in [1.29, 1.82) is 0 Å². The van der Waals surface area contributed by atoms with Gasteiger partial charge < -0.3 is 0 Å². The maximum absolute atomic E-state index is 12.1. The Kier molecular flexibility index (Phi) is 3.33. The molecule has 2 rings (SSSR count). The first-order chi connectivity index (χ1) is 8.99. The van der Waals surface area contributed by atoms with Crippen LogP contribution in [0.25, 0.3) is 0 Å². The minimum atomic E-state index is -0.847.